The zero-order valence-electron chi connectivity index (χ0n) is 24.7. The van der Waals surface area contributed by atoms with Crippen LogP contribution in [0, 0.1) is 5.92 Å². The monoisotopic (exact) mass is 613 g/mol. The molecule has 0 spiro atoms. The smallest absolute Gasteiger partial charge is 0.185 e. The first-order chi connectivity index (χ1) is 20.4. The molecular weight excluding hydrogens is 574 g/mol. The van der Waals surface area contributed by atoms with Crippen molar-refractivity contribution in [1.29, 1.82) is 0 Å². The lowest BCUT2D eigenvalue weighted by molar-refractivity contribution is -0.123. The molecular formula is C31H39N3O8S. The van der Waals surface area contributed by atoms with E-state index in [4.69, 9.17) is 9.47 Å². The summed E-state index contributed by atoms with van der Waals surface area (Å²) in [5, 5.41) is 24.8. The summed E-state index contributed by atoms with van der Waals surface area (Å²) in [6, 6.07) is 5.66. The lowest BCUT2D eigenvalue weighted by Crippen LogP contribution is -2.28. The normalized spacial score (nSPS) is 18.0. The van der Waals surface area contributed by atoms with Crippen LogP contribution in [0.1, 0.15) is 87.0 Å². The molecule has 1 saturated carbocycles. The Morgan fingerprint density at radius 2 is 1.81 bits per heavy atom. The van der Waals surface area contributed by atoms with E-state index < -0.39 is 32.8 Å². The predicted molar refractivity (Wildman–Crippen MR) is 158 cm³/mol. The largest absolute Gasteiger partial charge is 0.495 e. The number of pyridine rings is 1. The number of nitrogens with zero attached hydrogens (tertiary/aromatic N) is 3. The molecule has 2 fully saturated rings. The second kappa shape index (κ2) is 12.4. The molecule has 2 aromatic heterocycles. The Bertz CT molecular complexity index is 1580. The summed E-state index contributed by atoms with van der Waals surface area (Å²) in [5.41, 5.74) is -0.308. The van der Waals surface area contributed by atoms with Crippen molar-refractivity contribution in [3.05, 3.63) is 47.9 Å². The summed E-state index contributed by atoms with van der Waals surface area (Å²) in [6.07, 6.45) is 4.85. The van der Waals surface area contributed by atoms with Gasteiger partial charge in [-0.3, -0.25) is 19.3 Å². The molecule has 1 aromatic carbocycles. The molecule has 1 aliphatic heterocycles. The maximum absolute atomic E-state index is 13.8. The van der Waals surface area contributed by atoms with Crippen LogP contribution in [0.3, 0.4) is 0 Å². The first-order valence-corrected chi connectivity index (χ1v) is 16.2. The van der Waals surface area contributed by atoms with Gasteiger partial charge >= 0.3 is 0 Å². The van der Waals surface area contributed by atoms with E-state index in [1.807, 2.05) is 0 Å². The number of sulfone groups is 1. The van der Waals surface area contributed by atoms with Crippen molar-refractivity contribution in [2.24, 2.45) is 5.92 Å². The lowest BCUT2D eigenvalue weighted by atomic mass is 9.89. The molecule has 0 radical (unpaired) electrons. The van der Waals surface area contributed by atoms with E-state index in [2.05, 4.69) is 10.1 Å². The van der Waals surface area contributed by atoms with E-state index in [0.29, 0.717) is 48.9 Å². The lowest BCUT2D eigenvalue weighted by Gasteiger charge is -2.27. The third-order valence-electron chi connectivity index (χ3n) is 8.38. The van der Waals surface area contributed by atoms with Crippen LogP contribution < -0.4 is 4.74 Å². The van der Waals surface area contributed by atoms with E-state index >= 15 is 0 Å². The van der Waals surface area contributed by atoms with E-state index in [9.17, 15) is 28.2 Å². The number of methoxy groups -OCH3 is 1. The highest BCUT2D eigenvalue weighted by Gasteiger charge is 2.40. The second-order valence-electron chi connectivity index (χ2n) is 12.1. The van der Waals surface area contributed by atoms with Gasteiger partial charge in [-0.2, -0.15) is 5.10 Å². The molecule has 3 aromatic rings. The minimum Gasteiger partial charge on any atom is -0.495 e. The van der Waals surface area contributed by atoms with Crippen LogP contribution in [0.5, 0.6) is 5.75 Å². The minimum atomic E-state index is -3.62. The number of carbonyl (C=O) groups is 2. The molecule has 0 amide bonds. The molecule has 5 rings (SSSR count). The number of hydrogen-bond acceptors (Lipinski definition) is 10. The first-order valence-electron chi connectivity index (χ1n) is 14.7. The predicted octanol–water partition coefficient (Wildman–Crippen LogP) is 3.77. The van der Waals surface area contributed by atoms with Crippen LogP contribution in [0.2, 0.25) is 0 Å². The van der Waals surface area contributed by atoms with Crippen LogP contribution in [0.15, 0.2) is 41.6 Å². The minimum absolute atomic E-state index is 0.0484. The summed E-state index contributed by atoms with van der Waals surface area (Å²) in [6.45, 7) is 4.17. The molecule has 11 nitrogen and oxygen atoms in total. The van der Waals surface area contributed by atoms with Gasteiger partial charge in [-0.25, -0.2) is 8.42 Å². The number of aromatic nitrogens is 3. The number of ether oxygens (including phenoxy) is 2. The van der Waals surface area contributed by atoms with Crippen LogP contribution in [-0.4, -0.2) is 76.1 Å². The van der Waals surface area contributed by atoms with Crippen molar-refractivity contribution < 1.29 is 37.7 Å². The third-order valence-corrected chi connectivity index (χ3v) is 10.7. The molecule has 1 aliphatic carbocycles. The van der Waals surface area contributed by atoms with Crippen molar-refractivity contribution in [2.45, 2.75) is 86.7 Å². The van der Waals surface area contributed by atoms with Crippen LogP contribution in [0.25, 0.3) is 10.9 Å². The molecule has 12 heteroatoms. The zero-order chi connectivity index (χ0) is 30.9. The van der Waals surface area contributed by atoms with Gasteiger partial charge < -0.3 is 19.7 Å². The SMILES string of the molecule is COc1ccc2c(cnn2C(CC2CCOCC2)C(=O)CCC(=O)c2ccc(C(O)C(C)(C)O)cn2)c1S(=O)(=O)C1CC1. The molecule has 2 N–H and O–H groups in total. The molecule has 1 saturated heterocycles. The van der Waals surface area contributed by atoms with E-state index in [0.717, 1.165) is 12.8 Å². The number of aliphatic hydroxyl groups is 2. The highest BCUT2D eigenvalue weighted by atomic mass is 32.2. The summed E-state index contributed by atoms with van der Waals surface area (Å²) in [7, 11) is -2.19. The number of Topliss-reactive ketones (excluding diaryl/α,β-unsaturated/α-hetero) is 2. The maximum atomic E-state index is 13.8. The van der Waals surface area contributed by atoms with Crippen LogP contribution >= 0.6 is 0 Å². The van der Waals surface area contributed by atoms with Crippen LogP contribution in [-0.2, 0) is 19.4 Å². The molecule has 3 heterocycles. The number of rotatable bonds is 13. The number of fused-ring (bicyclic) bond motifs is 1. The summed E-state index contributed by atoms with van der Waals surface area (Å²) >= 11 is 0. The van der Waals surface area contributed by atoms with Gasteiger partial charge in [-0.15, -0.1) is 0 Å². The topological polar surface area (TPSA) is 158 Å². The Balaban J connectivity index is 1.40. The molecule has 43 heavy (non-hydrogen) atoms. The average molecular weight is 614 g/mol. The Kier molecular flexibility index (Phi) is 9.03. The van der Waals surface area contributed by atoms with Gasteiger partial charge in [0.1, 0.15) is 28.5 Å². The molecule has 232 valence electrons. The van der Waals surface area contributed by atoms with Gasteiger partial charge in [-0.1, -0.05) is 6.07 Å². The van der Waals surface area contributed by atoms with Crippen molar-refractivity contribution in [3.8, 4) is 5.75 Å². The molecule has 2 unspecified atom stereocenters. The number of benzene rings is 1. The van der Waals surface area contributed by atoms with Crippen molar-refractivity contribution in [2.75, 3.05) is 20.3 Å². The maximum Gasteiger partial charge on any atom is 0.185 e. The van der Waals surface area contributed by atoms with Crippen molar-refractivity contribution in [3.63, 3.8) is 0 Å². The third kappa shape index (κ3) is 6.67. The highest BCUT2D eigenvalue weighted by molar-refractivity contribution is 7.92. The fourth-order valence-corrected chi connectivity index (χ4v) is 7.65. The molecule has 2 aliphatic rings. The Morgan fingerprint density at radius 1 is 1.09 bits per heavy atom. The Morgan fingerprint density at radius 3 is 2.42 bits per heavy atom. The van der Waals surface area contributed by atoms with Gasteiger partial charge in [0.2, 0.25) is 0 Å². The van der Waals surface area contributed by atoms with Gasteiger partial charge in [0.05, 0.1) is 29.7 Å². The summed E-state index contributed by atoms with van der Waals surface area (Å²) in [5.74, 6) is -0.0379. The molecule has 0 bridgehead atoms. The number of carbonyl (C=O) groups excluding carboxylic acids is 2. The van der Waals surface area contributed by atoms with E-state index in [1.54, 1.807) is 16.8 Å². The first kappa shape index (κ1) is 31.2. The van der Waals surface area contributed by atoms with Crippen molar-refractivity contribution in [1.82, 2.24) is 14.8 Å². The average Bonchev–Trinajstić information content (AvgIpc) is 3.78. The van der Waals surface area contributed by atoms with E-state index in [-0.39, 0.29) is 46.7 Å². The number of ketones is 2. The summed E-state index contributed by atoms with van der Waals surface area (Å²) in [4.78, 5) is 31.1. The second-order valence-corrected chi connectivity index (χ2v) is 14.3. The zero-order valence-corrected chi connectivity index (χ0v) is 25.5. The Hall–Kier alpha value is -3.19. The number of aliphatic hydroxyl groups excluding tert-OH is 1. The standard InChI is InChI=1S/C31H39N3O8S/c1-31(2,38)30(37)20-4-7-23(32-17-20)26(35)9-10-27(36)25(16-19-12-14-42-15-13-19)34-24-8-11-28(41-3)29(22(24)18-33-34)43(39,40)21-5-6-21/h4,7-8,11,17-19,21,25,30,37-38H,5-6,9-10,12-16H2,1-3H3. The van der Waals surface area contributed by atoms with Crippen molar-refractivity contribution >= 4 is 32.3 Å². The van der Waals surface area contributed by atoms with Gasteiger partial charge in [0.25, 0.3) is 0 Å². The highest BCUT2D eigenvalue weighted by Crippen LogP contribution is 2.42. The van der Waals surface area contributed by atoms with Gasteiger partial charge in [0.15, 0.2) is 21.4 Å². The number of hydrogen-bond donors (Lipinski definition) is 2. The fourth-order valence-electron chi connectivity index (χ4n) is 5.66. The van der Waals surface area contributed by atoms with Gasteiger partial charge in [-0.05, 0) is 70.1 Å². The summed E-state index contributed by atoms with van der Waals surface area (Å²) < 4.78 is 39.3. The van der Waals surface area contributed by atoms with E-state index in [1.165, 1.54) is 45.5 Å². The van der Waals surface area contributed by atoms with Gasteiger partial charge in [0, 0.05) is 43.2 Å². The van der Waals surface area contributed by atoms with Crippen LogP contribution in [0.4, 0.5) is 0 Å². The molecule has 2 atom stereocenters. The Labute approximate surface area is 251 Å². The fraction of sp³-hybridized carbons (Fsp3) is 0.548. The quantitative estimate of drug-likeness (QED) is 0.272.